The summed E-state index contributed by atoms with van der Waals surface area (Å²) in [6.07, 6.45) is 2.31. The van der Waals surface area contributed by atoms with Crippen molar-refractivity contribution in [2.45, 2.75) is 18.9 Å². The second-order valence-electron chi connectivity index (χ2n) is 4.33. The molecule has 1 heterocycles. The van der Waals surface area contributed by atoms with Gasteiger partial charge in [-0.1, -0.05) is 16.8 Å². The van der Waals surface area contributed by atoms with Crippen molar-refractivity contribution in [3.8, 4) is 11.4 Å². The lowest BCUT2D eigenvalue weighted by Crippen LogP contribution is -2.12. The highest BCUT2D eigenvalue weighted by Gasteiger charge is 2.33. The SMILES string of the molecule is NC(c1nc(-c2ccc(Cl)cc2)no1)C1CC1. The number of hydrogen-bond donors (Lipinski definition) is 1. The Labute approximate surface area is 104 Å². The summed E-state index contributed by atoms with van der Waals surface area (Å²) in [6, 6.07) is 7.20. The molecule has 1 unspecified atom stereocenters. The van der Waals surface area contributed by atoms with Crippen molar-refractivity contribution in [3.05, 3.63) is 35.2 Å². The van der Waals surface area contributed by atoms with Gasteiger partial charge in [0, 0.05) is 10.6 Å². The molecule has 1 saturated carbocycles. The fraction of sp³-hybridized carbons (Fsp3) is 0.333. The molecule has 17 heavy (non-hydrogen) atoms. The van der Waals surface area contributed by atoms with Gasteiger partial charge in [-0.2, -0.15) is 4.98 Å². The molecule has 0 spiro atoms. The van der Waals surface area contributed by atoms with E-state index < -0.39 is 0 Å². The van der Waals surface area contributed by atoms with Crippen LogP contribution in [0.15, 0.2) is 28.8 Å². The molecule has 0 radical (unpaired) electrons. The second kappa shape index (κ2) is 4.13. The van der Waals surface area contributed by atoms with Crippen LogP contribution in [0.1, 0.15) is 24.8 Å². The third-order valence-electron chi connectivity index (χ3n) is 2.96. The molecule has 2 N–H and O–H groups in total. The second-order valence-corrected chi connectivity index (χ2v) is 4.76. The molecule has 1 aromatic heterocycles. The van der Waals surface area contributed by atoms with E-state index in [0.717, 1.165) is 18.4 Å². The Morgan fingerprint density at radius 1 is 1.29 bits per heavy atom. The van der Waals surface area contributed by atoms with E-state index in [9.17, 15) is 0 Å². The maximum Gasteiger partial charge on any atom is 0.244 e. The van der Waals surface area contributed by atoms with E-state index >= 15 is 0 Å². The van der Waals surface area contributed by atoms with Crippen LogP contribution in [0.4, 0.5) is 0 Å². The summed E-state index contributed by atoms with van der Waals surface area (Å²) in [5.74, 6) is 1.60. The van der Waals surface area contributed by atoms with Gasteiger partial charge in [0.1, 0.15) is 0 Å². The summed E-state index contributed by atoms with van der Waals surface area (Å²) in [5, 5.41) is 4.63. The Hall–Kier alpha value is -1.39. The molecule has 1 aliphatic rings. The highest BCUT2D eigenvalue weighted by Crippen LogP contribution is 2.39. The summed E-state index contributed by atoms with van der Waals surface area (Å²) in [4.78, 5) is 4.33. The lowest BCUT2D eigenvalue weighted by atomic mass is 10.2. The molecule has 5 heteroatoms. The molecular formula is C12H12ClN3O. The van der Waals surface area contributed by atoms with Crippen molar-refractivity contribution in [1.82, 2.24) is 10.1 Å². The van der Waals surface area contributed by atoms with Crippen LogP contribution < -0.4 is 5.73 Å². The van der Waals surface area contributed by atoms with Crippen LogP contribution in [0.25, 0.3) is 11.4 Å². The number of rotatable bonds is 3. The van der Waals surface area contributed by atoms with E-state index in [1.807, 2.05) is 12.1 Å². The maximum absolute atomic E-state index is 6.00. The van der Waals surface area contributed by atoms with E-state index in [1.165, 1.54) is 0 Å². The monoisotopic (exact) mass is 249 g/mol. The van der Waals surface area contributed by atoms with Gasteiger partial charge < -0.3 is 10.3 Å². The van der Waals surface area contributed by atoms with Crippen molar-refractivity contribution >= 4 is 11.6 Å². The lowest BCUT2D eigenvalue weighted by molar-refractivity contribution is 0.343. The molecule has 4 nitrogen and oxygen atoms in total. The lowest BCUT2D eigenvalue weighted by Gasteiger charge is -2.01. The fourth-order valence-electron chi connectivity index (χ4n) is 1.74. The van der Waals surface area contributed by atoms with E-state index in [4.69, 9.17) is 21.9 Å². The topological polar surface area (TPSA) is 64.9 Å². The molecule has 0 bridgehead atoms. The zero-order chi connectivity index (χ0) is 11.8. The van der Waals surface area contributed by atoms with Gasteiger partial charge in [-0.25, -0.2) is 0 Å². The minimum atomic E-state index is -0.122. The standard InChI is InChI=1S/C12H12ClN3O/c13-9-5-3-8(4-6-9)11-15-12(17-16-11)10(14)7-1-2-7/h3-7,10H,1-2,14H2. The van der Waals surface area contributed by atoms with Gasteiger partial charge in [0.15, 0.2) is 0 Å². The summed E-state index contributed by atoms with van der Waals surface area (Å²) in [5.41, 5.74) is 6.88. The Morgan fingerprint density at radius 3 is 2.65 bits per heavy atom. The van der Waals surface area contributed by atoms with Crippen molar-refractivity contribution < 1.29 is 4.52 Å². The smallest absolute Gasteiger partial charge is 0.244 e. The molecule has 2 aromatic rings. The van der Waals surface area contributed by atoms with Crippen LogP contribution in [0, 0.1) is 5.92 Å². The van der Waals surface area contributed by atoms with E-state index in [2.05, 4.69) is 10.1 Å². The van der Waals surface area contributed by atoms with Crippen LogP contribution in [0.2, 0.25) is 5.02 Å². The molecule has 3 rings (SSSR count). The molecule has 1 aliphatic carbocycles. The Morgan fingerprint density at radius 2 is 2.00 bits per heavy atom. The van der Waals surface area contributed by atoms with Crippen molar-refractivity contribution in [1.29, 1.82) is 0 Å². The zero-order valence-corrected chi connectivity index (χ0v) is 9.89. The van der Waals surface area contributed by atoms with Crippen LogP contribution >= 0.6 is 11.6 Å². The highest BCUT2D eigenvalue weighted by molar-refractivity contribution is 6.30. The number of hydrogen-bond acceptors (Lipinski definition) is 4. The van der Waals surface area contributed by atoms with E-state index in [1.54, 1.807) is 12.1 Å². The molecule has 0 saturated heterocycles. The molecule has 1 aromatic carbocycles. The first-order valence-electron chi connectivity index (χ1n) is 5.59. The number of nitrogens with zero attached hydrogens (tertiary/aromatic N) is 2. The van der Waals surface area contributed by atoms with Gasteiger partial charge in [0.05, 0.1) is 6.04 Å². The summed E-state index contributed by atoms with van der Waals surface area (Å²) < 4.78 is 5.19. The third-order valence-corrected chi connectivity index (χ3v) is 3.21. The predicted molar refractivity (Wildman–Crippen MR) is 64.4 cm³/mol. The number of aromatic nitrogens is 2. The Balaban J connectivity index is 1.86. The molecule has 88 valence electrons. The van der Waals surface area contributed by atoms with Gasteiger partial charge in [-0.15, -0.1) is 0 Å². The molecular weight excluding hydrogens is 238 g/mol. The normalized spacial score (nSPS) is 17.1. The van der Waals surface area contributed by atoms with E-state index in [0.29, 0.717) is 22.7 Å². The Bertz CT molecular complexity index is 519. The van der Waals surface area contributed by atoms with E-state index in [-0.39, 0.29) is 6.04 Å². The van der Waals surface area contributed by atoms with Crippen LogP contribution in [0.5, 0.6) is 0 Å². The maximum atomic E-state index is 6.00. The average Bonchev–Trinajstić information content (AvgIpc) is 3.07. The minimum absolute atomic E-state index is 0.122. The number of benzene rings is 1. The van der Waals surface area contributed by atoms with Crippen LogP contribution in [-0.4, -0.2) is 10.1 Å². The third kappa shape index (κ3) is 2.18. The highest BCUT2D eigenvalue weighted by atomic mass is 35.5. The Kier molecular flexibility index (Phi) is 2.61. The first-order valence-corrected chi connectivity index (χ1v) is 5.97. The molecule has 1 atom stereocenters. The predicted octanol–water partition coefficient (Wildman–Crippen LogP) is 2.80. The average molecular weight is 250 g/mol. The fourth-order valence-corrected chi connectivity index (χ4v) is 1.87. The van der Waals surface area contributed by atoms with Gasteiger partial charge in [-0.3, -0.25) is 0 Å². The zero-order valence-electron chi connectivity index (χ0n) is 9.14. The number of halogens is 1. The van der Waals surface area contributed by atoms with Crippen molar-refractivity contribution in [2.75, 3.05) is 0 Å². The summed E-state index contributed by atoms with van der Waals surface area (Å²) >= 11 is 5.82. The quantitative estimate of drug-likeness (QED) is 0.908. The summed E-state index contributed by atoms with van der Waals surface area (Å²) in [6.45, 7) is 0. The van der Waals surface area contributed by atoms with Crippen LogP contribution in [0.3, 0.4) is 0 Å². The van der Waals surface area contributed by atoms with Crippen molar-refractivity contribution in [3.63, 3.8) is 0 Å². The van der Waals surface area contributed by atoms with Gasteiger partial charge in [-0.05, 0) is 43.0 Å². The first-order chi connectivity index (χ1) is 8.24. The van der Waals surface area contributed by atoms with Crippen molar-refractivity contribution in [2.24, 2.45) is 11.7 Å². The molecule has 0 amide bonds. The van der Waals surface area contributed by atoms with Crippen LogP contribution in [-0.2, 0) is 0 Å². The largest absolute Gasteiger partial charge is 0.337 e. The first kappa shape index (κ1) is 10.7. The molecule has 1 fully saturated rings. The minimum Gasteiger partial charge on any atom is -0.337 e. The summed E-state index contributed by atoms with van der Waals surface area (Å²) in [7, 11) is 0. The van der Waals surface area contributed by atoms with Gasteiger partial charge in [0.2, 0.25) is 11.7 Å². The number of nitrogens with two attached hydrogens (primary N) is 1. The molecule has 0 aliphatic heterocycles. The van der Waals surface area contributed by atoms with Gasteiger partial charge >= 0.3 is 0 Å². The van der Waals surface area contributed by atoms with Gasteiger partial charge in [0.25, 0.3) is 0 Å².